The second kappa shape index (κ2) is 50.4. The van der Waals surface area contributed by atoms with Gasteiger partial charge in [0.25, 0.3) is 0 Å². The Balaban J connectivity index is 0.000000260. The van der Waals surface area contributed by atoms with Crippen molar-refractivity contribution in [3.63, 3.8) is 0 Å². The Morgan fingerprint density at radius 1 is 0.393 bits per heavy atom. The van der Waals surface area contributed by atoms with E-state index in [1.54, 1.807) is 75.4 Å². The maximum absolute atomic E-state index is 12.9. The molecule has 3 fully saturated rings. The number of anilines is 5. The number of hydrogen-bond acceptors (Lipinski definition) is 40. The van der Waals surface area contributed by atoms with E-state index in [0.29, 0.717) is 60.9 Å². The van der Waals surface area contributed by atoms with Gasteiger partial charge >= 0.3 is 54.2 Å². The van der Waals surface area contributed by atoms with Crippen LogP contribution in [0.4, 0.5) is 29.0 Å². The number of phenolic OH excluding ortho intramolecular Hbond substituents is 5. The molecule has 50 heteroatoms. The largest absolute Gasteiger partial charge is 0.508 e. The maximum atomic E-state index is 12.9. The number of carboxylic acids is 1. The van der Waals surface area contributed by atoms with E-state index in [9.17, 15) is 65.6 Å². The molecule has 0 unspecified atom stereocenters. The lowest BCUT2D eigenvalue weighted by Gasteiger charge is -2.32. The van der Waals surface area contributed by atoms with Gasteiger partial charge in [0.2, 0.25) is 0 Å². The number of ether oxygens (including phenoxy) is 2. The summed E-state index contributed by atoms with van der Waals surface area (Å²) in [5, 5.41) is 56.9. The molecule has 3 saturated heterocycles. The zero-order valence-electron chi connectivity index (χ0n) is 83.5. The van der Waals surface area contributed by atoms with Crippen LogP contribution in [0.1, 0.15) is 166 Å². The van der Waals surface area contributed by atoms with E-state index in [0.717, 1.165) is 60.6 Å². The Hall–Kier alpha value is -11.9. The van der Waals surface area contributed by atoms with Gasteiger partial charge < -0.3 is 115 Å². The Morgan fingerprint density at radius 3 is 1.02 bits per heavy atom. The molecule has 780 valence electrons. The number of carbonyl (C=O) groups is 4. The molecule has 7 aromatic carbocycles. The molecule has 3 aliphatic rings. The molecule has 41 nitrogen and oxygen atoms in total. The number of methoxy groups -OCH3 is 2. The van der Waals surface area contributed by atoms with Gasteiger partial charge in [-0.05, 0) is 245 Å². The lowest BCUT2D eigenvalue weighted by Crippen LogP contribution is -2.41. The first kappa shape index (κ1) is 122. The number of carbonyl (C=O) groups excluding carboxylic acids is 3. The molecule has 0 saturated carbocycles. The summed E-state index contributed by atoms with van der Waals surface area (Å²) in [6.45, 7) is 33.3. The van der Waals surface area contributed by atoms with Crippen molar-refractivity contribution in [2.24, 2.45) is 0 Å². The highest BCUT2D eigenvalue weighted by Crippen LogP contribution is 2.50. The van der Waals surface area contributed by atoms with Crippen LogP contribution in [0.2, 0.25) is 0 Å². The number of nitrogens with zero attached hydrogens (tertiary/aromatic N) is 8. The van der Waals surface area contributed by atoms with Gasteiger partial charge in [0.1, 0.15) is 39.0 Å². The van der Waals surface area contributed by atoms with Crippen LogP contribution in [-0.2, 0) is 90.7 Å². The van der Waals surface area contributed by atoms with Crippen molar-refractivity contribution >= 4 is 146 Å². The first-order valence-electron chi connectivity index (χ1n) is 43.4. The number of esters is 2. The molecule has 3 aliphatic heterocycles. The molecule has 145 heavy (non-hydrogen) atoms. The van der Waals surface area contributed by atoms with Gasteiger partial charge in [0, 0.05) is 61.7 Å². The van der Waals surface area contributed by atoms with Crippen LogP contribution in [0.3, 0.4) is 0 Å². The van der Waals surface area contributed by atoms with E-state index in [-0.39, 0.29) is 126 Å². The van der Waals surface area contributed by atoms with Crippen LogP contribution < -0.4 is 34.1 Å². The lowest BCUT2D eigenvalue weighted by molar-refractivity contribution is 0.00578. The summed E-state index contributed by atoms with van der Waals surface area (Å²) in [7, 11) is -9.41. The Morgan fingerprint density at radius 2 is 0.690 bits per heavy atom. The number of sulfone groups is 2. The number of nitrogens with two attached hydrogens (primary N) is 5. The number of carboxylic acid groups (broad SMARTS) is 1. The molecule has 4 aromatic heterocycles. The highest BCUT2D eigenvalue weighted by molar-refractivity contribution is 9.10. The Bertz CT molecular complexity index is 6710. The number of Topliss-reactive ketones (excluding diaryl/α,β-unsaturated/α-hetero) is 1. The van der Waals surface area contributed by atoms with Crippen molar-refractivity contribution in [3.05, 3.63) is 230 Å². The third-order valence-electron chi connectivity index (χ3n) is 23.3. The van der Waals surface area contributed by atoms with Gasteiger partial charge in [0.15, 0.2) is 76.8 Å². The van der Waals surface area contributed by atoms with Crippen LogP contribution in [0.25, 0.3) is 33.8 Å². The quantitative estimate of drug-likeness (QED) is 0.0105. The number of aryl methyl sites for hydroxylation is 5. The molecule has 0 spiro atoms. The number of aromatic nitrogens is 8. The number of aromatic carboxylic acids is 1. The van der Waals surface area contributed by atoms with Crippen molar-refractivity contribution in [1.29, 1.82) is 0 Å². The number of ketones is 1. The summed E-state index contributed by atoms with van der Waals surface area (Å²) in [6.07, 6.45) is 5.52. The summed E-state index contributed by atoms with van der Waals surface area (Å²) in [6, 6.07) is 37.1. The highest BCUT2D eigenvalue weighted by atomic mass is 79.9. The Labute approximate surface area is 860 Å². The predicted octanol–water partition coefficient (Wildman–Crippen LogP) is 15.8. The van der Waals surface area contributed by atoms with Crippen LogP contribution in [0, 0.1) is 34.6 Å². The summed E-state index contributed by atoms with van der Waals surface area (Å²) in [4.78, 5) is 77.8. The highest BCUT2D eigenvalue weighted by Gasteiger charge is 2.64. The predicted molar refractivity (Wildman–Crippen MR) is 559 cm³/mol. The van der Waals surface area contributed by atoms with Gasteiger partial charge in [-0.2, -0.15) is 0 Å². The number of benzene rings is 7. The van der Waals surface area contributed by atoms with E-state index >= 15 is 0 Å². The minimum absolute atomic E-state index is 0. The molecular weight excluding hydrogens is 2090 g/mol. The summed E-state index contributed by atoms with van der Waals surface area (Å²) < 4.78 is 137. The van der Waals surface area contributed by atoms with Gasteiger partial charge in [-0.3, -0.25) is 13.9 Å². The smallest absolute Gasteiger partial charge is 0.494 e. The molecule has 0 aliphatic carbocycles. The average molecular weight is 2210 g/mol. The van der Waals surface area contributed by atoms with Gasteiger partial charge in [0.05, 0.1) is 99.5 Å². The zero-order chi connectivity index (χ0) is 108. The summed E-state index contributed by atoms with van der Waals surface area (Å²) >= 11 is 6.29. The third-order valence-corrected chi connectivity index (χ3v) is 33.6. The van der Waals surface area contributed by atoms with Gasteiger partial charge in [-0.1, -0.05) is 90.1 Å². The molecule has 0 atom stereocenters. The van der Waals surface area contributed by atoms with E-state index in [2.05, 4.69) is 90.3 Å². The minimum atomic E-state index is -3.95. The summed E-state index contributed by atoms with van der Waals surface area (Å²) in [5.41, 5.74) is 32.4. The fourth-order valence-electron chi connectivity index (χ4n) is 12.2. The first-order valence-corrected chi connectivity index (χ1v) is 51.7. The molecule has 7 heterocycles. The first-order chi connectivity index (χ1) is 66.8. The fraction of sp³-hybridized carbons (Fsp3) is 0.347. The van der Waals surface area contributed by atoms with Gasteiger partial charge in [-0.25, -0.2) is 71.1 Å². The van der Waals surface area contributed by atoms with E-state index in [1.807, 2.05) is 121 Å². The van der Waals surface area contributed by atoms with Crippen LogP contribution in [0.15, 0.2) is 183 Å². The molecule has 0 radical (unpaired) electrons. The normalized spacial score (nSPS) is 14.8. The lowest BCUT2D eigenvalue weighted by atomic mass is 9.49. The third kappa shape index (κ3) is 32.5. The molecular formula is C95H122B3Br2N13O28P2S2. The zero-order valence-corrected chi connectivity index (χ0v) is 90.1. The topological polar surface area (TPSA) is 636 Å². The maximum Gasteiger partial charge on any atom is 0.494 e. The van der Waals surface area contributed by atoms with Crippen molar-refractivity contribution in [2.75, 3.05) is 82.3 Å². The number of phenols is 5. The van der Waals surface area contributed by atoms with E-state index in [4.69, 9.17) is 75.9 Å². The monoisotopic (exact) mass is 2210 g/mol. The van der Waals surface area contributed by atoms with E-state index in [1.165, 1.54) is 99.7 Å². The van der Waals surface area contributed by atoms with Crippen LogP contribution in [-0.4, -0.2) is 219 Å². The van der Waals surface area contributed by atoms with Crippen molar-refractivity contribution in [2.45, 2.75) is 175 Å². The molecule has 0 bridgehead atoms. The standard InChI is InChI=1S/C22H24N3O7PS.C13H19BO3.C13H13N3O3.C12H24B2O4.C12H11N3O3.C9H14NO5PS.C7H7BrO.C6H6BrN3O2.CH4/c1-14-4-7-16(11-19(14)26)18-12-24-22(23)21(25-18)20(27)10-15-5-8-17(9-6-15)34(29,30)13-33(28,31-2)32-3;1-9-6-7-10(8-11(9)15)14-16-12(2,3)13(4,5)17-14;1-7-3-4-8(5-10(7)17)9-6-15-12(14)11(16-9)13(18)19-2;1-9(2)10(3,4)16-13(15-9)14-17-11(5,6)12(7,8)18-14;1-6-2-3-7(4-9(6)16)8-5-14-11(13)10(15-8)12(17)18;1-14-16(11,15-2)7-17(12,13)9-5-3-8(10)4-6-9;1-5-2-3-6(8)4-7(5)9;1-12-6(11)4-5(8)9-2-3(7)10-4;/h4-9,11-12,26H,10,13H2,1-3H3,(H2,23,24);6-8,15H,1-5H3;3-6,17H,1-2H3,(H2,14,15);1-8H3;2-5,16H,1H3,(H2,13,14)(H,17,18);3-6H,7,10H2,1-2H3;2-4,9H,1H3;2H,1H3,(H2,8,9);1H4. The number of aromatic hydroxyl groups is 5. The van der Waals surface area contributed by atoms with Crippen molar-refractivity contribution in [1.82, 2.24) is 39.9 Å². The minimum Gasteiger partial charge on any atom is -0.508 e. The second-order valence-corrected chi connectivity index (χ2v) is 46.4. The second-order valence-electron chi connectivity index (χ2n) is 35.3. The number of nitrogen functional groups attached to an aromatic ring is 5. The Kier molecular flexibility index (Phi) is 42.3. The van der Waals surface area contributed by atoms with Crippen LogP contribution >= 0.6 is 47.1 Å². The molecule has 0 amide bonds. The number of rotatable bonds is 21. The number of hydrogen-bond donors (Lipinski definition) is 11. The van der Waals surface area contributed by atoms with Crippen LogP contribution in [0.5, 0.6) is 28.7 Å². The van der Waals surface area contributed by atoms with Crippen molar-refractivity contribution in [3.8, 4) is 62.5 Å². The average Bonchev–Trinajstić information content (AvgIpc) is 1.59. The summed E-state index contributed by atoms with van der Waals surface area (Å²) in [5.74, 6) is -2.05. The fourth-order valence-corrected chi connectivity index (χ4v) is 20.4. The van der Waals surface area contributed by atoms with E-state index < -0.39 is 90.7 Å². The van der Waals surface area contributed by atoms with Gasteiger partial charge in [-0.15, -0.1) is 0 Å². The number of halogens is 2. The van der Waals surface area contributed by atoms with Crippen molar-refractivity contribution < 1.29 is 131 Å². The molecule has 11 aromatic rings. The SMILES string of the molecule is C.CC1(C)OB(B2OC(C)(C)C(C)(C)O2)OC1(C)C.COC(=O)c1nc(-c2ccc(C)c(O)c2)cnc1N.COC(=O)c1nc(Br)cnc1N.COP(=O)(CS(=O)(=O)c1ccc(CC(=O)c2nc(-c3ccc(C)c(O)c3)cnc2N)cc1)OC.COP(=O)(CS(=O)(=O)c1ccc(N)cc1)OC.Cc1ccc(-c2cnc(N)c(C(=O)O)n2)cc1O.Cc1ccc(B2OC(C)(C)C(C)(C)O2)cc1O.Cc1ccc(Br)cc1O. The molecule has 16 N–H and O–H groups in total. The molecule has 14 rings (SSSR count).